The van der Waals surface area contributed by atoms with Crippen molar-refractivity contribution in [1.29, 1.82) is 0 Å². The second-order valence-electron chi connectivity index (χ2n) is 4.43. The van der Waals surface area contributed by atoms with Gasteiger partial charge in [0.15, 0.2) is 5.82 Å². The van der Waals surface area contributed by atoms with E-state index in [2.05, 4.69) is 20.2 Å². The lowest BCUT2D eigenvalue weighted by Gasteiger charge is -2.08. The topological polar surface area (TPSA) is 60.2 Å². The fourth-order valence-electron chi connectivity index (χ4n) is 1.69. The molecule has 1 aromatic heterocycles. The van der Waals surface area contributed by atoms with Crippen LogP contribution in [0.1, 0.15) is 12.7 Å². The molecule has 0 saturated heterocycles. The van der Waals surface area contributed by atoms with E-state index < -0.39 is 6.61 Å². The van der Waals surface area contributed by atoms with Crippen LogP contribution < -0.4 is 10.1 Å². The van der Waals surface area contributed by atoms with Gasteiger partial charge in [0.1, 0.15) is 5.75 Å². The Hall–Kier alpha value is -1.44. The highest BCUT2D eigenvalue weighted by atomic mass is 35.5. The molecule has 1 N–H and O–H groups in total. The maximum Gasteiger partial charge on any atom is 0.387 e. The van der Waals surface area contributed by atoms with Gasteiger partial charge in [-0.15, -0.1) is 12.4 Å². The fourth-order valence-corrected chi connectivity index (χ4v) is 1.86. The highest BCUT2D eigenvalue weighted by Crippen LogP contribution is 2.32. The number of nitrogens with zero attached hydrogens (tertiary/aromatic N) is 2. The highest BCUT2D eigenvalue weighted by Gasteiger charge is 2.18. The van der Waals surface area contributed by atoms with E-state index in [4.69, 9.17) is 16.1 Å². The summed E-state index contributed by atoms with van der Waals surface area (Å²) in [7, 11) is 1.82. The van der Waals surface area contributed by atoms with E-state index in [0.29, 0.717) is 17.3 Å². The van der Waals surface area contributed by atoms with E-state index in [9.17, 15) is 8.78 Å². The van der Waals surface area contributed by atoms with E-state index in [1.54, 1.807) is 0 Å². The Kier molecular flexibility index (Phi) is 6.99. The number of ether oxygens (including phenoxy) is 1. The van der Waals surface area contributed by atoms with Crippen molar-refractivity contribution in [3.63, 3.8) is 0 Å². The predicted octanol–water partition coefficient (Wildman–Crippen LogP) is 3.56. The molecule has 2 rings (SSSR count). The minimum atomic E-state index is -2.95. The Morgan fingerprint density at radius 3 is 2.77 bits per heavy atom. The summed E-state index contributed by atoms with van der Waals surface area (Å²) in [6.07, 6.45) is 0.547. The van der Waals surface area contributed by atoms with Crippen molar-refractivity contribution < 1.29 is 18.0 Å². The van der Waals surface area contributed by atoms with Crippen molar-refractivity contribution in [2.45, 2.75) is 26.0 Å². The van der Waals surface area contributed by atoms with Crippen molar-refractivity contribution in [2.75, 3.05) is 7.05 Å². The molecule has 122 valence electrons. The third-order valence-electron chi connectivity index (χ3n) is 2.84. The summed E-state index contributed by atoms with van der Waals surface area (Å²) in [6.45, 7) is -0.988. The minimum absolute atomic E-state index is 0. The van der Waals surface area contributed by atoms with E-state index in [-0.39, 0.29) is 35.7 Å². The second kappa shape index (κ2) is 8.26. The van der Waals surface area contributed by atoms with Gasteiger partial charge in [-0.25, -0.2) is 0 Å². The van der Waals surface area contributed by atoms with Crippen LogP contribution in [0.15, 0.2) is 22.7 Å². The molecule has 0 fully saturated rings. The second-order valence-corrected chi connectivity index (χ2v) is 4.87. The summed E-state index contributed by atoms with van der Waals surface area (Å²) in [5, 5.41) is 7.22. The van der Waals surface area contributed by atoms with Crippen LogP contribution in [0.3, 0.4) is 0 Å². The Morgan fingerprint density at radius 2 is 2.14 bits per heavy atom. The van der Waals surface area contributed by atoms with Crippen molar-refractivity contribution in [1.82, 2.24) is 15.5 Å². The number of likely N-dealkylation sites (N-methyl/N-ethyl adjacent to an activating group) is 1. The summed E-state index contributed by atoms with van der Waals surface area (Å²) in [5.41, 5.74) is 0.235. The zero-order chi connectivity index (χ0) is 15.4. The summed E-state index contributed by atoms with van der Waals surface area (Å²) >= 11 is 5.87. The van der Waals surface area contributed by atoms with Gasteiger partial charge in [-0.05, 0) is 32.2 Å². The molecule has 0 bridgehead atoms. The summed E-state index contributed by atoms with van der Waals surface area (Å²) in [5.74, 6) is 0.493. The Labute approximate surface area is 137 Å². The molecule has 0 aliphatic rings. The van der Waals surface area contributed by atoms with Gasteiger partial charge in [-0.3, -0.25) is 0 Å². The molecule has 0 saturated carbocycles. The van der Waals surface area contributed by atoms with Gasteiger partial charge in [-0.1, -0.05) is 16.8 Å². The summed E-state index contributed by atoms with van der Waals surface area (Å²) in [4.78, 5) is 4.18. The zero-order valence-electron chi connectivity index (χ0n) is 11.8. The first-order valence-corrected chi connectivity index (χ1v) is 6.62. The Balaban J connectivity index is 0.00000242. The third kappa shape index (κ3) is 4.79. The molecule has 0 radical (unpaired) electrons. The van der Waals surface area contributed by atoms with Gasteiger partial charge in [0.05, 0.1) is 5.56 Å². The first-order valence-electron chi connectivity index (χ1n) is 6.24. The van der Waals surface area contributed by atoms with Crippen LogP contribution >= 0.6 is 24.0 Å². The van der Waals surface area contributed by atoms with E-state index in [0.717, 1.165) is 0 Å². The smallest absolute Gasteiger partial charge is 0.387 e. The maximum absolute atomic E-state index is 12.4. The van der Waals surface area contributed by atoms with Crippen molar-refractivity contribution in [3.05, 3.63) is 29.0 Å². The summed E-state index contributed by atoms with van der Waals surface area (Å²) < 4.78 is 34.4. The van der Waals surface area contributed by atoms with Crippen LogP contribution in [-0.2, 0) is 6.42 Å². The average molecular weight is 354 g/mol. The van der Waals surface area contributed by atoms with Gasteiger partial charge >= 0.3 is 6.61 Å². The van der Waals surface area contributed by atoms with Crippen LogP contribution in [0, 0.1) is 0 Å². The van der Waals surface area contributed by atoms with Gasteiger partial charge in [-0.2, -0.15) is 13.8 Å². The van der Waals surface area contributed by atoms with Gasteiger partial charge < -0.3 is 14.6 Å². The van der Waals surface area contributed by atoms with Crippen molar-refractivity contribution in [3.8, 4) is 17.2 Å². The number of nitrogens with one attached hydrogen (secondary N) is 1. The molecule has 0 spiro atoms. The maximum atomic E-state index is 12.4. The number of hydrogen-bond acceptors (Lipinski definition) is 5. The molecule has 5 nitrogen and oxygen atoms in total. The number of benzene rings is 1. The van der Waals surface area contributed by atoms with Crippen molar-refractivity contribution >= 4 is 24.0 Å². The fraction of sp³-hybridized carbons (Fsp3) is 0.385. The molecule has 1 atom stereocenters. The molecule has 2 aromatic rings. The molecule has 9 heteroatoms. The predicted molar refractivity (Wildman–Crippen MR) is 80.8 cm³/mol. The summed E-state index contributed by atoms with van der Waals surface area (Å²) in [6, 6.07) is 4.39. The van der Waals surface area contributed by atoms with E-state index in [1.807, 2.05) is 14.0 Å². The normalized spacial score (nSPS) is 12.1. The SMILES string of the molecule is CNC(C)Cc1noc(-c2cc(Cl)ccc2OC(F)F)n1.Cl. The van der Waals surface area contributed by atoms with Crippen molar-refractivity contribution in [2.24, 2.45) is 0 Å². The standard InChI is InChI=1S/C13H14ClF2N3O2.ClH/c1-7(17-2)5-11-18-12(21-19-11)9-6-8(14)3-4-10(9)20-13(15)16;/h3-4,6-7,13,17H,5H2,1-2H3;1H. The Morgan fingerprint density at radius 1 is 1.41 bits per heavy atom. The lowest BCUT2D eigenvalue weighted by atomic mass is 10.2. The molecular formula is C13H15Cl2F2N3O2. The zero-order valence-corrected chi connectivity index (χ0v) is 13.4. The van der Waals surface area contributed by atoms with Gasteiger partial charge in [0.25, 0.3) is 5.89 Å². The number of aromatic nitrogens is 2. The van der Waals surface area contributed by atoms with Crippen LogP contribution in [0.5, 0.6) is 5.75 Å². The number of halogens is 4. The molecule has 22 heavy (non-hydrogen) atoms. The molecular weight excluding hydrogens is 339 g/mol. The van der Waals surface area contributed by atoms with Crippen LogP contribution in [0.2, 0.25) is 5.02 Å². The van der Waals surface area contributed by atoms with Crippen LogP contribution in [0.4, 0.5) is 8.78 Å². The first kappa shape index (κ1) is 18.6. The highest BCUT2D eigenvalue weighted by molar-refractivity contribution is 6.30. The lowest BCUT2D eigenvalue weighted by molar-refractivity contribution is -0.0495. The largest absolute Gasteiger partial charge is 0.434 e. The van der Waals surface area contributed by atoms with Crippen LogP contribution in [-0.4, -0.2) is 29.8 Å². The third-order valence-corrected chi connectivity index (χ3v) is 3.07. The number of hydrogen-bond donors (Lipinski definition) is 1. The lowest BCUT2D eigenvalue weighted by Crippen LogP contribution is -2.24. The molecule has 0 aliphatic carbocycles. The monoisotopic (exact) mass is 353 g/mol. The molecule has 1 heterocycles. The van der Waals surface area contributed by atoms with Crippen LogP contribution in [0.25, 0.3) is 11.5 Å². The quantitative estimate of drug-likeness (QED) is 0.860. The van der Waals surface area contributed by atoms with E-state index in [1.165, 1.54) is 18.2 Å². The molecule has 0 amide bonds. The van der Waals surface area contributed by atoms with Gasteiger partial charge in [0.2, 0.25) is 0 Å². The Bertz CT molecular complexity index is 611. The molecule has 1 unspecified atom stereocenters. The molecule has 0 aliphatic heterocycles. The van der Waals surface area contributed by atoms with E-state index >= 15 is 0 Å². The molecule has 1 aromatic carbocycles. The minimum Gasteiger partial charge on any atom is -0.434 e. The van der Waals surface area contributed by atoms with Gasteiger partial charge in [0, 0.05) is 17.5 Å². The number of rotatable bonds is 6. The first-order chi connectivity index (χ1) is 9.99. The average Bonchev–Trinajstić information content (AvgIpc) is 2.88. The number of alkyl halides is 2.